The predicted molar refractivity (Wildman–Crippen MR) is 76.9 cm³/mol. The second-order valence-corrected chi connectivity index (χ2v) is 4.56. The van der Waals surface area contributed by atoms with E-state index in [1.54, 1.807) is 0 Å². The van der Waals surface area contributed by atoms with Crippen molar-refractivity contribution in [2.24, 2.45) is 11.5 Å². The van der Waals surface area contributed by atoms with Crippen molar-refractivity contribution in [3.63, 3.8) is 0 Å². The van der Waals surface area contributed by atoms with Crippen molar-refractivity contribution in [3.05, 3.63) is 29.8 Å². The Labute approximate surface area is 111 Å². The van der Waals surface area contributed by atoms with Crippen LogP contribution in [-0.4, -0.2) is 19.7 Å². The molecule has 0 aromatic heterocycles. The van der Waals surface area contributed by atoms with Gasteiger partial charge in [-0.05, 0) is 69.3 Å². The number of benzene rings is 1. The van der Waals surface area contributed by atoms with Gasteiger partial charge in [0.25, 0.3) is 0 Å². The van der Waals surface area contributed by atoms with Crippen LogP contribution in [0.2, 0.25) is 0 Å². The van der Waals surface area contributed by atoms with E-state index >= 15 is 0 Å². The molecule has 0 heterocycles. The SMILES string of the molecule is CCOc1ccc(C(CCCN)CCCN)cc1. The Morgan fingerprint density at radius 2 is 1.56 bits per heavy atom. The molecule has 0 aliphatic rings. The van der Waals surface area contributed by atoms with Crippen molar-refractivity contribution in [1.29, 1.82) is 0 Å². The largest absolute Gasteiger partial charge is 0.494 e. The van der Waals surface area contributed by atoms with Gasteiger partial charge >= 0.3 is 0 Å². The lowest BCUT2D eigenvalue weighted by atomic mass is 9.90. The van der Waals surface area contributed by atoms with Crippen LogP contribution in [0.1, 0.15) is 44.1 Å². The van der Waals surface area contributed by atoms with E-state index in [9.17, 15) is 0 Å². The fourth-order valence-corrected chi connectivity index (χ4v) is 2.21. The summed E-state index contributed by atoms with van der Waals surface area (Å²) >= 11 is 0. The molecule has 0 spiro atoms. The lowest BCUT2D eigenvalue weighted by molar-refractivity contribution is 0.340. The van der Waals surface area contributed by atoms with Gasteiger partial charge in [0.05, 0.1) is 6.61 Å². The fraction of sp³-hybridized carbons (Fsp3) is 0.600. The minimum atomic E-state index is 0.577. The first kappa shape index (κ1) is 15.0. The van der Waals surface area contributed by atoms with Gasteiger partial charge in [-0.3, -0.25) is 0 Å². The quantitative estimate of drug-likeness (QED) is 0.708. The van der Waals surface area contributed by atoms with E-state index in [0.29, 0.717) is 12.5 Å². The van der Waals surface area contributed by atoms with Gasteiger partial charge in [0.1, 0.15) is 5.75 Å². The number of hydrogen-bond donors (Lipinski definition) is 2. The summed E-state index contributed by atoms with van der Waals surface area (Å²) in [7, 11) is 0. The molecule has 4 N–H and O–H groups in total. The van der Waals surface area contributed by atoms with Gasteiger partial charge in [-0.15, -0.1) is 0 Å². The third kappa shape index (κ3) is 5.07. The van der Waals surface area contributed by atoms with E-state index in [1.165, 1.54) is 5.56 Å². The topological polar surface area (TPSA) is 61.3 Å². The summed E-state index contributed by atoms with van der Waals surface area (Å²) in [5.74, 6) is 1.52. The van der Waals surface area contributed by atoms with Crippen LogP contribution >= 0.6 is 0 Å². The van der Waals surface area contributed by atoms with E-state index in [-0.39, 0.29) is 0 Å². The van der Waals surface area contributed by atoms with E-state index < -0.39 is 0 Å². The maximum absolute atomic E-state index is 5.60. The Bertz CT molecular complexity index is 303. The maximum atomic E-state index is 5.60. The number of ether oxygens (including phenoxy) is 1. The highest BCUT2D eigenvalue weighted by Gasteiger charge is 2.10. The molecule has 0 aliphatic carbocycles. The van der Waals surface area contributed by atoms with Gasteiger partial charge in [-0.25, -0.2) is 0 Å². The van der Waals surface area contributed by atoms with Crippen molar-refractivity contribution in [2.75, 3.05) is 19.7 Å². The molecule has 0 amide bonds. The third-order valence-corrected chi connectivity index (χ3v) is 3.18. The molecule has 3 heteroatoms. The monoisotopic (exact) mass is 250 g/mol. The third-order valence-electron chi connectivity index (χ3n) is 3.18. The lowest BCUT2D eigenvalue weighted by Crippen LogP contribution is -2.07. The molecule has 18 heavy (non-hydrogen) atoms. The van der Waals surface area contributed by atoms with E-state index in [0.717, 1.165) is 44.5 Å². The van der Waals surface area contributed by atoms with Crippen LogP contribution in [0.25, 0.3) is 0 Å². The maximum Gasteiger partial charge on any atom is 0.119 e. The fourth-order valence-electron chi connectivity index (χ4n) is 2.21. The second-order valence-electron chi connectivity index (χ2n) is 4.56. The van der Waals surface area contributed by atoms with Crippen LogP contribution in [0.5, 0.6) is 5.75 Å². The van der Waals surface area contributed by atoms with Gasteiger partial charge in [-0.1, -0.05) is 12.1 Å². The molecule has 0 saturated carbocycles. The lowest BCUT2D eigenvalue weighted by Gasteiger charge is -2.17. The summed E-state index contributed by atoms with van der Waals surface area (Å²) in [4.78, 5) is 0. The molecule has 102 valence electrons. The highest BCUT2D eigenvalue weighted by molar-refractivity contribution is 5.29. The summed E-state index contributed by atoms with van der Waals surface area (Å²) in [6.45, 7) is 4.23. The zero-order valence-electron chi connectivity index (χ0n) is 11.4. The van der Waals surface area contributed by atoms with Crippen LogP contribution in [0.4, 0.5) is 0 Å². The molecule has 1 aromatic carbocycles. The summed E-state index contributed by atoms with van der Waals surface area (Å²) in [5, 5.41) is 0. The van der Waals surface area contributed by atoms with Crippen LogP contribution in [0.15, 0.2) is 24.3 Å². The smallest absolute Gasteiger partial charge is 0.119 e. The molecule has 1 aromatic rings. The van der Waals surface area contributed by atoms with E-state index in [2.05, 4.69) is 24.3 Å². The molecule has 1 rings (SSSR count). The molecule has 0 bridgehead atoms. The molecule has 0 unspecified atom stereocenters. The Balaban J connectivity index is 2.64. The van der Waals surface area contributed by atoms with Crippen LogP contribution in [-0.2, 0) is 0 Å². The predicted octanol–water partition coefficient (Wildman–Crippen LogP) is 2.65. The van der Waals surface area contributed by atoms with Crippen LogP contribution in [0.3, 0.4) is 0 Å². The first-order valence-electron chi connectivity index (χ1n) is 6.94. The molecular formula is C15H26N2O. The number of nitrogens with two attached hydrogens (primary N) is 2. The van der Waals surface area contributed by atoms with Gasteiger partial charge in [0.15, 0.2) is 0 Å². The molecule has 0 radical (unpaired) electrons. The summed E-state index contributed by atoms with van der Waals surface area (Å²) in [5.41, 5.74) is 12.6. The van der Waals surface area contributed by atoms with Crippen molar-refractivity contribution < 1.29 is 4.74 Å². The minimum Gasteiger partial charge on any atom is -0.494 e. The Morgan fingerprint density at radius 1 is 1.00 bits per heavy atom. The standard InChI is InChI=1S/C15H26N2O/c1-2-18-15-9-7-14(8-10-15)13(5-3-11-16)6-4-12-17/h7-10,13H,2-6,11-12,16-17H2,1H3. The summed E-state index contributed by atoms with van der Waals surface area (Å²) in [6.07, 6.45) is 4.43. The van der Waals surface area contributed by atoms with Gasteiger partial charge in [0.2, 0.25) is 0 Å². The Kier molecular flexibility index (Phi) is 7.46. The number of hydrogen-bond acceptors (Lipinski definition) is 3. The van der Waals surface area contributed by atoms with E-state index in [4.69, 9.17) is 16.2 Å². The van der Waals surface area contributed by atoms with Gasteiger partial charge in [0, 0.05) is 0 Å². The Hall–Kier alpha value is -1.06. The van der Waals surface area contributed by atoms with Crippen molar-refractivity contribution in [2.45, 2.75) is 38.5 Å². The highest BCUT2D eigenvalue weighted by Crippen LogP contribution is 2.27. The highest BCUT2D eigenvalue weighted by atomic mass is 16.5. The van der Waals surface area contributed by atoms with Gasteiger partial charge < -0.3 is 16.2 Å². The normalized spacial score (nSPS) is 10.9. The van der Waals surface area contributed by atoms with Crippen molar-refractivity contribution in [3.8, 4) is 5.75 Å². The van der Waals surface area contributed by atoms with E-state index in [1.807, 2.05) is 6.92 Å². The zero-order valence-corrected chi connectivity index (χ0v) is 11.4. The van der Waals surface area contributed by atoms with Crippen molar-refractivity contribution >= 4 is 0 Å². The van der Waals surface area contributed by atoms with Crippen LogP contribution in [0, 0.1) is 0 Å². The number of rotatable bonds is 9. The molecule has 0 fully saturated rings. The zero-order chi connectivity index (χ0) is 13.2. The van der Waals surface area contributed by atoms with Crippen molar-refractivity contribution in [1.82, 2.24) is 0 Å². The van der Waals surface area contributed by atoms with Crippen LogP contribution < -0.4 is 16.2 Å². The molecular weight excluding hydrogens is 224 g/mol. The first-order valence-corrected chi connectivity index (χ1v) is 6.94. The first-order chi connectivity index (χ1) is 8.81. The second kappa shape index (κ2) is 8.95. The Morgan fingerprint density at radius 3 is 2.00 bits per heavy atom. The molecule has 3 nitrogen and oxygen atoms in total. The molecule has 0 aliphatic heterocycles. The van der Waals surface area contributed by atoms with Gasteiger partial charge in [-0.2, -0.15) is 0 Å². The average molecular weight is 250 g/mol. The molecule has 0 atom stereocenters. The summed E-state index contributed by atoms with van der Waals surface area (Å²) in [6, 6.07) is 8.44. The molecule has 0 saturated heterocycles. The summed E-state index contributed by atoms with van der Waals surface area (Å²) < 4.78 is 5.46. The average Bonchev–Trinajstić information content (AvgIpc) is 2.41. The minimum absolute atomic E-state index is 0.577.